The van der Waals surface area contributed by atoms with Crippen LogP contribution in [0.3, 0.4) is 0 Å². The third kappa shape index (κ3) is 4.19. The Kier molecular flexibility index (Phi) is 5.65. The predicted molar refractivity (Wildman–Crippen MR) is 139 cm³/mol. The molecule has 0 unspecified atom stereocenters. The smallest absolute Gasteiger partial charge is 0.296 e. The topological polar surface area (TPSA) is 81.3 Å². The molecule has 5 rings (SSSR count). The van der Waals surface area contributed by atoms with Gasteiger partial charge in [0.1, 0.15) is 0 Å². The lowest BCUT2D eigenvalue weighted by Crippen LogP contribution is -2.24. The van der Waals surface area contributed by atoms with Crippen molar-refractivity contribution >= 4 is 39.9 Å². The Morgan fingerprint density at radius 2 is 1.69 bits per heavy atom. The fourth-order valence-corrected chi connectivity index (χ4v) is 4.71. The number of aryl methyl sites for hydroxylation is 4. The van der Waals surface area contributed by atoms with Crippen LogP contribution in [0, 0.1) is 27.7 Å². The molecule has 35 heavy (non-hydrogen) atoms. The summed E-state index contributed by atoms with van der Waals surface area (Å²) in [6, 6.07) is 17.2. The standard InChI is InChI=1S/C27H24ClN5O2/c1-15-8-9-21-22(12-15)32(14-19-6-5-7-20(28)13-19)27(35)25-30-24(31-33(21)25)26(34)29-23-17(3)10-16(2)11-18(23)4/h5-13H,14H2,1-4H3,(H,29,34). The molecule has 0 saturated heterocycles. The molecule has 0 bridgehead atoms. The maximum atomic E-state index is 13.6. The van der Waals surface area contributed by atoms with E-state index >= 15 is 0 Å². The van der Waals surface area contributed by atoms with Crippen molar-refractivity contribution in [3.8, 4) is 0 Å². The minimum atomic E-state index is -0.468. The van der Waals surface area contributed by atoms with E-state index < -0.39 is 5.91 Å². The average Bonchev–Trinajstić information content (AvgIpc) is 3.25. The number of rotatable bonds is 4. The highest BCUT2D eigenvalue weighted by molar-refractivity contribution is 6.30. The number of hydrogen-bond donors (Lipinski definition) is 1. The first kappa shape index (κ1) is 22.8. The highest BCUT2D eigenvalue weighted by Crippen LogP contribution is 2.23. The number of amides is 1. The van der Waals surface area contributed by atoms with Gasteiger partial charge in [-0.05, 0) is 74.2 Å². The van der Waals surface area contributed by atoms with Crippen LogP contribution in [-0.2, 0) is 6.54 Å². The van der Waals surface area contributed by atoms with E-state index in [-0.39, 0.29) is 17.0 Å². The van der Waals surface area contributed by atoms with Crippen LogP contribution in [0.2, 0.25) is 5.02 Å². The van der Waals surface area contributed by atoms with Gasteiger partial charge in [0.25, 0.3) is 11.5 Å². The summed E-state index contributed by atoms with van der Waals surface area (Å²) in [4.78, 5) is 31.0. The molecule has 0 aliphatic rings. The summed E-state index contributed by atoms with van der Waals surface area (Å²) >= 11 is 6.17. The number of fused-ring (bicyclic) bond motifs is 3. The Morgan fingerprint density at radius 3 is 2.40 bits per heavy atom. The van der Waals surface area contributed by atoms with Crippen LogP contribution >= 0.6 is 11.6 Å². The van der Waals surface area contributed by atoms with E-state index in [1.807, 2.05) is 76.2 Å². The molecule has 2 aromatic heterocycles. The van der Waals surface area contributed by atoms with Crippen LogP contribution in [-0.4, -0.2) is 25.1 Å². The normalized spacial score (nSPS) is 11.3. The van der Waals surface area contributed by atoms with Crippen LogP contribution in [0.5, 0.6) is 0 Å². The molecule has 0 aliphatic heterocycles. The van der Waals surface area contributed by atoms with Gasteiger partial charge in [-0.25, -0.2) is 4.52 Å². The molecule has 5 aromatic rings. The Hall–Kier alpha value is -3.97. The number of carbonyl (C=O) groups excluding carboxylic acids is 1. The second-order valence-corrected chi connectivity index (χ2v) is 9.35. The van der Waals surface area contributed by atoms with Crippen molar-refractivity contribution < 1.29 is 4.79 Å². The molecule has 176 valence electrons. The van der Waals surface area contributed by atoms with E-state index in [1.165, 1.54) is 4.52 Å². The quantitative estimate of drug-likeness (QED) is 0.378. The monoisotopic (exact) mass is 485 g/mol. The number of aromatic nitrogens is 4. The summed E-state index contributed by atoms with van der Waals surface area (Å²) in [6.07, 6.45) is 0. The van der Waals surface area contributed by atoms with Crippen LogP contribution < -0.4 is 10.9 Å². The largest absolute Gasteiger partial charge is 0.319 e. The van der Waals surface area contributed by atoms with Crippen LogP contribution in [0.1, 0.15) is 38.4 Å². The van der Waals surface area contributed by atoms with Gasteiger partial charge in [0.15, 0.2) is 0 Å². The highest BCUT2D eigenvalue weighted by atomic mass is 35.5. The number of nitrogens with one attached hydrogen (secondary N) is 1. The predicted octanol–water partition coefficient (Wildman–Crippen LogP) is 5.23. The molecule has 0 saturated carbocycles. The first-order chi connectivity index (χ1) is 16.7. The lowest BCUT2D eigenvalue weighted by molar-refractivity contribution is 0.101. The van der Waals surface area contributed by atoms with Gasteiger partial charge in [0.05, 0.1) is 17.6 Å². The summed E-state index contributed by atoms with van der Waals surface area (Å²) in [5, 5.41) is 7.94. The number of benzene rings is 3. The van der Waals surface area contributed by atoms with Crippen LogP contribution in [0.15, 0.2) is 59.4 Å². The van der Waals surface area contributed by atoms with Gasteiger partial charge in [-0.1, -0.05) is 47.5 Å². The molecular weight excluding hydrogens is 462 g/mol. The Balaban J connectivity index is 1.64. The summed E-state index contributed by atoms with van der Waals surface area (Å²) in [7, 11) is 0. The van der Waals surface area contributed by atoms with Crippen molar-refractivity contribution in [2.75, 3.05) is 5.32 Å². The average molecular weight is 486 g/mol. The van der Waals surface area contributed by atoms with E-state index in [0.29, 0.717) is 22.6 Å². The summed E-state index contributed by atoms with van der Waals surface area (Å²) in [5.74, 6) is -0.534. The van der Waals surface area contributed by atoms with Crippen LogP contribution in [0.4, 0.5) is 5.69 Å². The molecule has 3 aromatic carbocycles. The minimum Gasteiger partial charge on any atom is -0.319 e. The van der Waals surface area contributed by atoms with E-state index in [2.05, 4.69) is 15.4 Å². The van der Waals surface area contributed by atoms with E-state index in [9.17, 15) is 9.59 Å². The summed E-state index contributed by atoms with van der Waals surface area (Å²) < 4.78 is 3.10. The fraction of sp³-hybridized carbons (Fsp3) is 0.185. The second kappa shape index (κ2) is 8.67. The van der Waals surface area contributed by atoms with Crippen molar-refractivity contribution in [2.24, 2.45) is 0 Å². The van der Waals surface area contributed by atoms with Gasteiger partial charge < -0.3 is 5.32 Å². The number of anilines is 1. The van der Waals surface area contributed by atoms with Crippen LogP contribution in [0.25, 0.3) is 16.7 Å². The molecule has 0 fully saturated rings. The zero-order valence-electron chi connectivity index (χ0n) is 19.9. The highest BCUT2D eigenvalue weighted by Gasteiger charge is 2.20. The van der Waals surface area contributed by atoms with Crippen molar-refractivity contribution in [3.63, 3.8) is 0 Å². The number of hydrogen-bond acceptors (Lipinski definition) is 4. The van der Waals surface area contributed by atoms with Gasteiger partial charge in [-0.15, -0.1) is 5.10 Å². The second-order valence-electron chi connectivity index (χ2n) is 8.91. The first-order valence-electron chi connectivity index (χ1n) is 11.2. The zero-order chi connectivity index (χ0) is 24.9. The van der Waals surface area contributed by atoms with Gasteiger partial charge in [-0.2, -0.15) is 4.98 Å². The van der Waals surface area contributed by atoms with Crippen molar-refractivity contribution in [1.82, 2.24) is 19.2 Å². The third-order valence-corrected chi connectivity index (χ3v) is 6.28. The maximum absolute atomic E-state index is 13.6. The Morgan fingerprint density at radius 1 is 0.943 bits per heavy atom. The van der Waals surface area contributed by atoms with Crippen molar-refractivity contribution in [3.05, 3.63) is 104 Å². The number of carbonyl (C=O) groups is 1. The molecule has 1 amide bonds. The van der Waals surface area contributed by atoms with Gasteiger partial charge in [-0.3, -0.25) is 14.2 Å². The molecule has 0 aliphatic carbocycles. The van der Waals surface area contributed by atoms with E-state index in [0.717, 1.165) is 33.5 Å². The van der Waals surface area contributed by atoms with Crippen molar-refractivity contribution in [2.45, 2.75) is 34.2 Å². The van der Waals surface area contributed by atoms with E-state index in [1.54, 1.807) is 10.6 Å². The molecule has 7 nitrogen and oxygen atoms in total. The molecule has 0 spiro atoms. The minimum absolute atomic E-state index is 0.0659. The number of nitrogens with zero attached hydrogens (tertiary/aromatic N) is 4. The summed E-state index contributed by atoms with van der Waals surface area (Å²) in [5.41, 5.74) is 6.75. The lowest BCUT2D eigenvalue weighted by Gasteiger charge is -2.12. The molecule has 0 atom stereocenters. The fourth-order valence-electron chi connectivity index (χ4n) is 4.50. The Bertz CT molecular complexity index is 1680. The van der Waals surface area contributed by atoms with Gasteiger partial charge >= 0.3 is 0 Å². The van der Waals surface area contributed by atoms with Gasteiger partial charge in [0.2, 0.25) is 11.5 Å². The van der Waals surface area contributed by atoms with Gasteiger partial charge in [0, 0.05) is 10.7 Å². The molecule has 2 heterocycles. The maximum Gasteiger partial charge on any atom is 0.296 e. The molecular formula is C27H24ClN5O2. The first-order valence-corrected chi connectivity index (χ1v) is 11.6. The molecule has 8 heteroatoms. The molecule has 0 radical (unpaired) electrons. The summed E-state index contributed by atoms with van der Waals surface area (Å²) in [6.45, 7) is 8.17. The number of halogens is 1. The van der Waals surface area contributed by atoms with E-state index in [4.69, 9.17) is 11.6 Å². The molecule has 1 N–H and O–H groups in total. The SMILES string of the molecule is Cc1cc(C)c(NC(=O)c2nc3c(=O)n(Cc4cccc(Cl)c4)c4cc(C)ccc4n3n2)c(C)c1. The lowest BCUT2D eigenvalue weighted by atomic mass is 10.1. The third-order valence-electron chi connectivity index (χ3n) is 6.04. The van der Waals surface area contributed by atoms with Crippen molar-refractivity contribution in [1.29, 1.82) is 0 Å². The Labute approximate surface area is 207 Å². The zero-order valence-corrected chi connectivity index (χ0v) is 20.6.